The third-order valence-electron chi connectivity index (χ3n) is 3.48. The Balaban J connectivity index is 1.54. The topological polar surface area (TPSA) is 87.6 Å². The molecular formula is C19H25N5O2. The minimum Gasteiger partial charge on any atom is -0.494 e. The molecule has 0 aliphatic carbocycles. The predicted molar refractivity (Wildman–Crippen MR) is 102 cm³/mol. The molecule has 0 aliphatic rings. The Morgan fingerprint density at radius 2 is 1.81 bits per heavy atom. The normalized spacial score (nSPS) is 10.9. The van der Waals surface area contributed by atoms with Crippen LogP contribution in [0.25, 0.3) is 0 Å². The fraction of sp³-hybridized carbons (Fsp3) is 0.316. The number of amides is 1. The van der Waals surface area contributed by atoms with Gasteiger partial charge in [-0.15, -0.1) is 0 Å². The van der Waals surface area contributed by atoms with Crippen LogP contribution < -0.4 is 20.7 Å². The summed E-state index contributed by atoms with van der Waals surface area (Å²) in [5, 5.41) is 9.19. The molecule has 0 fully saturated rings. The molecule has 1 heterocycles. The van der Waals surface area contributed by atoms with Gasteiger partial charge in [0.1, 0.15) is 5.75 Å². The van der Waals surface area contributed by atoms with E-state index in [1.807, 2.05) is 30.3 Å². The van der Waals surface area contributed by atoms with Crippen molar-refractivity contribution in [3.8, 4) is 5.75 Å². The highest BCUT2D eigenvalue weighted by atomic mass is 16.5. The number of rotatable bonds is 9. The number of benzene rings is 1. The Hall–Kier alpha value is -3.09. The van der Waals surface area contributed by atoms with Gasteiger partial charge in [0.2, 0.25) is 0 Å². The fourth-order valence-electron chi connectivity index (χ4n) is 2.16. The summed E-state index contributed by atoms with van der Waals surface area (Å²) in [5.74, 6) is 1.43. The van der Waals surface area contributed by atoms with Crippen molar-refractivity contribution in [1.82, 2.24) is 20.9 Å². The van der Waals surface area contributed by atoms with E-state index in [0.717, 1.165) is 18.7 Å². The second kappa shape index (κ2) is 11.5. The molecule has 0 saturated heterocycles. The van der Waals surface area contributed by atoms with Crippen molar-refractivity contribution < 1.29 is 9.53 Å². The van der Waals surface area contributed by atoms with Crippen LogP contribution in [0.1, 0.15) is 16.8 Å². The van der Waals surface area contributed by atoms with Crippen LogP contribution in [0.15, 0.2) is 59.9 Å². The van der Waals surface area contributed by atoms with Crippen molar-refractivity contribution in [2.45, 2.75) is 6.42 Å². The van der Waals surface area contributed by atoms with Crippen LogP contribution in [0.2, 0.25) is 0 Å². The van der Waals surface area contributed by atoms with Crippen LogP contribution in [0.4, 0.5) is 0 Å². The average molecular weight is 355 g/mol. The number of para-hydroxylation sites is 1. The van der Waals surface area contributed by atoms with Crippen LogP contribution in [0.3, 0.4) is 0 Å². The first-order chi connectivity index (χ1) is 12.8. The van der Waals surface area contributed by atoms with E-state index in [-0.39, 0.29) is 5.91 Å². The molecule has 3 N–H and O–H groups in total. The summed E-state index contributed by atoms with van der Waals surface area (Å²) in [6, 6.07) is 13.2. The second-order valence-corrected chi connectivity index (χ2v) is 5.44. The third kappa shape index (κ3) is 7.21. The van der Waals surface area contributed by atoms with Crippen molar-refractivity contribution >= 4 is 11.9 Å². The van der Waals surface area contributed by atoms with Crippen LogP contribution in [-0.2, 0) is 0 Å². The van der Waals surface area contributed by atoms with E-state index < -0.39 is 0 Å². The zero-order valence-electron chi connectivity index (χ0n) is 14.9. The number of nitrogens with zero attached hydrogens (tertiary/aromatic N) is 2. The van der Waals surface area contributed by atoms with Gasteiger partial charge < -0.3 is 20.7 Å². The smallest absolute Gasteiger partial charge is 0.252 e. The number of hydrogen-bond donors (Lipinski definition) is 3. The first kappa shape index (κ1) is 19.2. The zero-order chi connectivity index (χ0) is 18.5. The summed E-state index contributed by atoms with van der Waals surface area (Å²) < 4.78 is 5.64. The maximum Gasteiger partial charge on any atom is 0.252 e. The fourth-order valence-corrected chi connectivity index (χ4v) is 2.16. The molecule has 7 heteroatoms. The van der Waals surface area contributed by atoms with Crippen LogP contribution in [0, 0.1) is 0 Å². The monoisotopic (exact) mass is 355 g/mol. The lowest BCUT2D eigenvalue weighted by Gasteiger charge is -2.12. The number of carbonyl (C=O) groups excluding carboxylic acids is 1. The molecule has 1 aromatic carbocycles. The van der Waals surface area contributed by atoms with Gasteiger partial charge in [0.15, 0.2) is 5.96 Å². The molecule has 2 rings (SSSR count). The highest BCUT2D eigenvalue weighted by Crippen LogP contribution is 2.07. The summed E-state index contributed by atoms with van der Waals surface area (Å²) in [4.78, 5) is 20.0. The summed E-state index contributed by atoms with van der Waals surface area (Å²) in [7, 11) is 1.71. The number of ether oxygens (including phenoxy) is 1. The first-order valence-corrected chi connectivity index (χ1v) is 8.60. The number of aliphatic imine (C=N–C) groups is 1. The largest absolute Gasteiger partial charge is 0.494 e. The summed E-state index contributed by atoms with van der Waals surface area (Å²) in [5.41, 5.74) is 0.549. The molecule has 0 atom stereocenters. The highest BCUT2D eigenvalue weighted by Gasteiger charge is 2.04. The summed E-state index contributed by atoms with van der Waals surface area (Å²) >= 11 is 0. The molecule has 0 radical (unpaired) electrons. The number of hydrogen-bond acceptors (Lipinski definition) is 4. The van der Waals surface area contributed by atoms with Gasteiger partial charge in [-0.2, -0.15) is 0 Å². The highest BCUT2D eigenvalue weighted by molar-refractivity contribution is 5.93. The Morgan fingerprint density at radius 3 is 2.54 bits per heavy atom. The van der Waals surface area contributed by atoms with E-state index in [1.54, 1.807) is 31.6 Å². The number of nitrogens with one attached hydrogen (secondary N) is 3. The van der Waals surface area contributed by atoms with Crippen molar-refractivity contribution in [2.24, 2.45) is 4.99 Å². The molecule has 2 aromatic rings. The van der Waals surface area contributed by atoms with Gasteiger partial charge in [-0.25, -0.2) is 0 Å². The lowest BCUT2D eigenvalue weighted by molar-refractivity contribution is 0.0954. The van der Waals surface area contributed by atoms with Gasteiger partial charge in [0, 0.05) is 39.1 Å². The van der Waals surface area contributed by atoms with E-state index in [0.29, 0.717) is 31.2 Å². The lowest BCUT2D eigenvalue weighted by atomic mass is 10.3. The van der Waals surface area contributed by atoms with E-state index in [4.69, 9.17) is 4.74 Å². The molecule has 0 unspecified atom stereocenters. The van der Waals surface area contributed by atoms with Crippen molar-refractivity contribution in [1.29, 1.82) is 0 Å². The minimum absolute atomic E-state index is 0.138. The van der Waals surface area contributed by atoms with E-state index in [1.165, 1.54) is 0 Å². The molecule has 0 spiro atoms. The molecular weight excluding hydrogens is 330 g/mol. The van der Waals surface area contributed by atoms with Crippen molar-refractivity contribution in [2.75, 3.05) is 33.3 Å². The molecule has 1 amide bonds. The number of pyridine rings is 1. The Labute approximate surface area is 153 Å². The van der Waals surface area contributed by atoms with Gasteiger partial charge >= 0.3 is 0 Å². The van der Waals surface area contributed by atoms with Gasteiger partial charge in [-0.3, -0.25) is 14.8 Å². The van der Waals surface area contributed by atoms with Gasteiger partial charge in [0.25, 0.3) is 5.91 Å². The molecule has 0 saturated carbocycles. The summed E-state index contributed by atoms with van der Waals surface area (Å²) in [6.45, 7) is 2.45. The van der Waals surface area contributed by atoms with Gasteiger partial charge in [-0.1, -0.05) is 18.2 Å². The number of aromatic nitrogens is 1. The maximum atomic E-state index is 11.9. The predicted octanol–water partition coefficient (Wildman–Crippen LogP) is 1.45. The molecule has 0 bridgehead atoms. The summed E-state index contributed by atoms with van der Waals surface area (Å²) in [6.07, 6.45) is 4.03. The van der Waals surface area contributed by atoms with Crippen LogP contribution >= 0.6 is 0 Å². The first-order valence-electron chi connectivity index (χ1n) is 8.60. The van der Waals surface area contributed by atoms with Gasteiger partial charge in [0.05, 0.1) is 12.2 Å². The van der Waals surface area contributed by atoms with E-state index in [2.05, 4.69) is 25.9 Å². The van der Waals surface area contributed by atoms with Crippen molar-refractivity contribution in [3.05, 3.63) is 60.4 Å². The second-order valence-electron chi connectivity index (χ2n) is 5.44. The van der Waals surface area contributed by atoms with Gasteiger partial charge in [-0.05, 0) is 30.7 Å². The number of guanidine groups is 1. The van der Waals surface area contributed by atoms with Crippen molar-refractivity contribution in [3.63, 3.8) is 0 Å². The Kier molecular flexibility index (Phi) is 8.48. The van der Waals surface area contributed by atoms with Crippen LogP contribution in [0.5, 0.6) is 5.75 Å². The average Bonchev–Trinajstić information content (AvgIpc) is 2.70. The number of carbonyl (C=O) groups is 1. The standard InChI is InChI=1S/C19H25N5O2/c1-20-19(23-11-6-14-26-17-8-3-2-4-9-17)24-13-12-22-18(25)16-7-5-10-21-15-16/h2-5,7-10,15H,6,11-14H2,1H3,(H,22,25)(H2,20,23,24). The zero-order valence-corrected chi connectivity index (χ0v) is 14.9. The molecule has 26 heavy (non-hydrogen) atoms. The molecule has 138 valence electrons. The Bertz CT molecular complexity index is 677. The minimum atomic E-state index is -0.138. The third-order valence-corrected chi connectivity index (χ3v) is 3.48. The van der Waals surface area contributed by atoms with E-state index in [9.17, 15) is 4.79 Å². The molecule has 7 nitrogen and oxygen atoms in total. The Morgan fingerprint density at radius 1 is 1.04 bits per heavy atom. The lowest BCUT2D eigenvalue weighted by Crippen LogP contribution is -2.42. The maximum absolute atomic E-state index is 11.9. The SMILES string of the molecule is CN=C(NCCCOc1ccccc1)NCCNC(=O)c1cccnc1. The molecule has 0 aliphatic heterocycles. The van der Waals surface area contributed by atoms with E-state index >= 15 is 0 Å². The molecule has 1 aromatic heterocycles. The van der Waals surface area contributed by atoms with Crippen LogP contribution in [-0.4, -0.2) is 50.1 Å². The quantitative estimate of drug-likeness (QED) is 0.360.